The molecule has 0 aromatic carbocycles. The van der Waals surface area contributed by atoms with Crippen LogP contribution in [-0.4, -0.2) is 24.2 Å². The third-order valence-electron chi connectivity index (χ3n) is 1.62. The second-order valence-corrected chi connectivity index (χ2v) is 4.10. The van der Waals surface area contributed by atoms with Crippen molar-refractivity contribution in [1.29, 1.82) is 0 Å². The largest absolute Gasteiger partial charge is 0.476 e. The average molecular weight is 259 g/mol. The zero-order valence-electron chi connectivity index (χ0n) is 8.46. The summed E-state index contributed by atoms with van der Waals surface area (Å²) in [7, 11) is 0. The minimum absolute atomic E-state index is 0.491. The van der Waals surface area contributed by atoms with E-state index in [4.69, 9.17) is 4.74 Å². The van der Waals surface area contributed by atoms with Gasteiger partial charge in [0, 0.05) is 18.8 Å². The van der Waals surface area contributed by atoms with Crippen molar-refractivity contribution in [1.82, 2.24) is 10.3 Å². The Hall–Kier alpha value is -0.610. The lowest BCUT2D eigenvalue weighted by Crippen LogP contribution is -2.27. The van der Waals surface area contributed by atoms with Gasteiger partial charge >= 0.3 is 0 Å². The van der Waals surface area contributed by atoms with Crippen molar-refractivity contribution in [3.63, 3.8) is 0 Å². The van der Waals surface area contributed by atoms with Crippen LogP contribution in [0.3, 0.4) is 0 Å². The molecule has 0 aliphatic heterocycles. The average Bonchev–Trinajstić information content (AvgIpc) is 2.15. The summed E-state index contributed by atoms with van der Waals surface area (Å²) in [5.41, 5.74) is 0. The summed E-state index contributed by atoms with van der Waals surface area (Å²) in [5, 5.41) is 3.27. The number of nitrogens with zero attached hydrogens (tertiary/aromatic N) is 1. The first-order chi connectivity index (χ1) is 6.70. The van der Waals surface area contributed by atoms with Crippen molar-refractivity contribution in [3.05, 3.63) is 22.8 Å². The monoisotopic (exact) mass is 258 g/mol. The predicted octanol–water partition coefficient (Wildman–Crippen LogP) is 2.22. The minimum atomic E-state index is 0.491. The second kappa shape index (κ2) is 5.98. The highest BCUT2D eigenvalue weighted by Gasteiger charge is 2.00. The van der Waals surface area contributed by atoms with Crippen LogP contribution in [-0.2, 0) is 0 Å². The van der Waals surface area contributed by atoms with Gasteiger partial charge in [0.25, 0.3) is 0 Å². The van der Waals surface area contributed by atoms with Gasteiger partial charge in [0.15, 0.2) is 0 Å². The van der Waals surface area contributed by atoms with Gasteiger partial charge in [-0.2, -0.15) is 0 Å². The molecule has 1 rings (SSSR count). The van der Waals surface area contributed by atoms with Gasteiger partial charge in [0.1, 0.15) is 6.61 Å². The van der Waals surface area contributed by atoms with Crippen LogP contribution in [0.1, 0.15) is 13.8 Å². The van der Waals surface area contributed by atoms with Crippen molar-refractivity contribution in [2.24, 2.45) is 0 Å². The third kappa shape index (κ3) is 4.07. The van der Waals surface area contributed by atoms with E-state index in [1.165, 1.54) is 0 Å². The standard InChI is InChI=1S/C10H15BrN2O/c1-8(2)12-6-7-14-10-9(11)4-3-5-13-10/h3-5,8,12H,6-7H2,1-2H3. The van der Waals surface area contributed by atoms with Gasteiger partial charge in [0.05, 0.1) is 4.47 Å². The van der Waals surface area contributed by atoms with Gasteiger partial charge < -0.3 is 10.1 Å². The van der Waals surface area contributed by atoms with Gasteiger partial charge in [-0.05, 0) is 28.1 Å². The van der Waals surface area contributed by atoms with E-state index in [-0.39, 0.29) is 0 Å². The molecular formula is C10H15BrN2O. The third-order valence-corrected chi connectivity index (χ3v) is 2.22. The maximum atomic E-state index is 5.47. The summed E-state index contributed by atoms with van der Waals surface area (Å²) < 4.78 is 6.36. The van der Waals surface area contributed by atoms with E-state index >= 15 is 0 Å². The Labute approximate surface area is 93.0 Å². The van der Waals surface area contributed by atoms with E-state index in [9.17, 15) is 0 Å². The smallest absolute Gasteiger partial charge is 0.227 e. The number of hydrogen-bond donors (Lipinski definition) is 1. The number of halogens is 1. The number of rotatable bonds is 5. The van der Waals surface area contributed by atoms with E-state index in [0.29, 0.717) is 18.5 Å². The van der Waals surface area contributed by atoms with Crippen LogP contribution in [0.25, 0.3) is 0 Å². The summed E-state index contributed by atoms with van der Waals surface area (Å²) in [4.78, 5) is 4.10. The molecule has 0 saturated carbocycles. The van der Waals surface area contributed by atoms with Crippen LogP contribution in [0.5, 0.6) is 5.88 Å². The molecule has 3 nitrogen and oxygen atoms in total. The highest BCUT2D eigenvalue weighted by molar-refractivity contribution is 9.10. The second-order valence-electron chi connectivity index (χ2n) is 3.25. The van der Waals surface area contributed by atoms with Crippen molar-refractivity contribution in [2.75, 3.05) is 13.2 Å². The Bertz CT molecular complexity index is 279. The zero-order valence-corrected chi connectivity index (χ0v) is 10.0. The van der Waals surface area contributed by atoms with E-state index in [1.54, 1.807) is 6.20 Å². The first kappa shape index (κ1) is 11.5. The Balaban J connectivity index is 2.28. The lowest BCUT2D eigenvalue weighted by molar-refractivity contribution is 0.296. The van der Waals surface area contributed by atoms with Crippen LogP contribution >= 0.6 is 15.9 Å². The number of pyridine rings is 1. The lowest BCUT2D eigenvalue weighted by atomic mass is 10.4. The SMILES string of the molecule is CC(C)NCCOc1ncccc1Br. The molecule has 0 radical (unpaired) electrons. The fraction of sp³-hybridized carbons (Fsp3) is 0.500. The molecule has 0 aliphatic carbocycles. The summed E-state index contributed by atoms with van der Waals surface area (Å²) in [6.45, 7) is 5.68. The highest BCUT2D eigenvalue weighted by Crippen LogP contribution is 2.20. The Kier molecular flexibility index (Phi) is 4.90. The van der Waals surface area contributed by atoms with Gasteiger partial charge in [-0.1, -0.05) is 13.8 Å². The molecule has 0 amide bonds. The molecule has 0 saturated heterocycles. The fourth-order valence-electron chi connectivity index (χ4n) is 0.973. The van der Waals surface area contributed by atoms with Gasteiger partial charge in [-0.25, -0.2) is 4.98 Å². The molecule has 0 bridgehead atoms. The van der Waals surface area contributed by atoms with E-state index in [0.717, 1.165) is 11.0 Å². The van der Waals surface area contributed by atoms with E-state index in [2.05, 4.69) is 40.1 Å². The first-order valence-corrected chi connectivity index (χ1v) is 5.46. The molecule has 0 aliphatic rings. The van der Waals surface area contributed by atoms with E-state index in [1.807, 2.05) is 12.1 Å². The zero-order chi connectivity index (χ0) is 10.4. The van der Waals surface area contributed by atoms with Crippen molar-refractivity contribution in [3.8, 4) is 5.88 Å². The summed E-state index contributed by atoms with van der Waals surface area (Å²) in [6.07, 6.45) is 1.72. The van der Waals surface area contributed by atoms with Gasteiger partial charge in [-0.3, -0.25) is 0 Å². The molecule has 0 unspecified atom stereocenters. The summed E-state index contributed by atoms with van der Waals surface area (Å²) in [6, 6.07) is 4.27. The minimum Gasteiger partial charge on any atom is -0.476 e. The lowest BCUT2D eigenvalue weighted by Gasteiger charge is -2.09. The van der Waals surface area contributed by atoms with Gasteiger partial charge in [0.2, 0.25) is 5.88 Å². The molecule has 14 heavy (non-hydrogen) atoms. The van der Waals surface area contributed by atoms with E-state index < -0.39 is 0 Å². The van der Waals surface area contributed by atoms with Gasteiger partial charge in [-0.15, -0.1) is 0 Å². The van der Waals surface area contributed by atoms with Crippen LogP contribution in [0.2, 0.25) is 0 Å². The molecule has 0 spiro atoms. The Morgan fingerprint density at radius 2 is 2.36 bits per heavy atom. The topological polar surface area (TPSA) is 34.1 Å². The maximum absolute atomic E-state index is 5.47. The molecule has 4 heteroatoms. The first-order valence-electron chi connectivity index (χ1n) is 4.67. The summed E-state index contributed by atoms with van der Waals surface area (Å²) >= 11 is 3.37. The molecule has 1 aromatic heterocycles. The molecular weight excluding hydrogens is 244 g/mol. The Morgan fingerprint density at radius 1 is 1.57 bits per heavy atom. The van der Waals surface area contributed by atoms with Crippen molar-refractivity contribution in [2.45, 2.75) is 19.9 Å². The molecule has 0 atom stereocenters. The number of nitrogens with one attached hydrogen (secondary N) is 1. The summed E-state index contributed by atoms with van der Waals surface area (Å²) in [5.74, 6) is 0.651. The highest BCUT2D eigenvalue weighted by atomic mass is 79.9. The van der Waals surface area contributed by atoms with Crippen molar-refractivity contribution < 1.29 is 4.74 Å². The maximum Gasteiger partial charge on any atom is 0.227 e. The molecule has 1 heterocycles. The molecule has 78 valence electrons. The Morgan fingerprint density at radius 3 is 3.00 bits per heavy atom. The van der Waals surface area contributed by atoms with Crippen LogP contribution < -0.4 is 10.1 Å². The predicted molar refractivity (Wildman–Crippen MR) is 60.6 cm³/mol. The van der Waals surface area contributed by atoms with Crippen LogP contribution in [0.15, 0.2) is 22.8 Å². The molecule has 1 N–H and O–H groups in total. The van der Waals surface area contributed by atoms with Crippen LogP contribution in [0.4, 0.5) is 0 Å². The molecule has 0 fully saturated rings. The van der Waals surface area contributed by atoms with Crippen molar-refractivity contribution >= 4 is 15.9 Å². The fourth-order valence-corrected chi connectivity index (χ4v) is 1.34. The molecule has 1 aromatic rings. The number of hydrogen-bond acceptors (Lipinski definition) is 3. The quantitative estimate of drug-likeness (QED) is 0.823. The normalized spacial score (nSPS) is 10.6. The number of aromatic nitrogens is 1. The van der Waals surface area contributed by atoms with Crippen LogP contribution in [0, 0.1) is 0 Å². The number of ether oxygens (including phenoxy) is 1.